The summed E-state index contributed by atoms with van der Waals surface area (Å²) in [4.78, 5) is 27.8. The van der Waals surface area contributed by atoms with E-state index in [1.54, 1.807) is 24.1 Å². The van der Waals surface area contributed by atoms with Crippen LogP contribution in [0.4, 0.5) is 0 Å². The van der Waals surface area contributed by atoms with Crippen LogP contribution in [0.1, 0.15) is 35.7 Å². The molecule has 150 valence electrons. The van der Waals surface area contributed by atoms with Crippen molar-refractivity contribution < 1.29 is 14.3 Å². The Bertz CT molecular complexity index is 989. The van der Waals surface area contributed by atoms with Crippen LogP contribution in [0.3, 0.4) is 0 Å². The highest BCUT2D eigenvalue weighted by Crippen LogP contribution is 2.32. The van der Waals surface area contributed by atoms with Gasteiger partial charge in [0.15, 0.2) is 5.54 Å². The molecule has 1 aromatic carbocycles. The van der Waals surface area contributed by atoms with Crippen LogP contribution in [-0.2, 0) is 11.3 Å². The van der Waals surface area contributed by atoms with Gasteiger partial charge in [0.05, 0.1) is 19.5 Å². The third-order valence-corrected chi connectivity index (χ3v) is 5.68. The summed E-state index contributed by atoms with van der Waals surface area (Å²) in [6.07, 6.45) is 9.96. The minimum absolute atomic E-state index is 0.0868. The number of allylic oxidation sites excluding steroid dienone is 4. The van der Waals surface area contributed by atoms with Gasteiger partial charge in [-0.25, -0.2) is 0 Å². The summed E-state index contributed by atoms with van der Waals surface area (Å²) in [5, 5.41) is 6.01. The number of methoxy groups -OCH3 is 1. The van der Waals surface area contributed by atoms with Gasteiger partial charge in [-0.3, -0.25) is 9.59 Å². The predicted octanol–water partition coefficient (Wildman–Crippen LogP) is 2.80. The molecule has 1 saturated heterocycles. The number of fused-ring (bicyclic) bond motifs is 1. The van der Waals surface area contributed by atoms with Crippen molar-refractivity contribution in [3.63, 3.8) is 0 Å². The monoisotopic (exact) mass is 391 g/mol. The standard InChI is InChI=1S/C23H25N3O3/c1-15-6-4-5-7-18(9-8-15)23(22(28)24-16(2)25-23)14-26-13-17-12-19(29-3)10-11-20(17)21(26)27/h5,7-12,25H,2,4,6,13-14H2,1,3H3,(H,24,28)/b7-5-,15-8-,18-9+. The van der Waals surface area contributed by atoms with E-state index in [-0.39, 0.29) is 18.4 Å². The van der Waals surface area contributed by atoms with Gasteiger partial charge in [0.25, 0.3) is 11.8 Å². The van der Waals surface area contributed by atoms with Crippen LogP contribution in [0, 0.1) is 0 Å². The summed E-state index contributed by atoms with van der Waals surface area (Å²) in [6, 6.07) is 5.44. The van der Waals surface area contributed by atoms with Gasteiger partial charge in [-0.15, -0.1) is 0 Å². The van der Waals surface area contributed by atoms with Crippen LogP contribution in [0.2, 0.25) is 0 Å². The number of rotatable bonds is 4. The number of benzene rings is 1. The number of hydrogen-bond acceptors (Lipinski definition) is 4. The smallest absolute Gasteiger partial charge is 0.257 e. The second-order valence-corrected chi connectivity index (χ2v) is 7.72. The quantitative estimate of drug-likeness (QED) is 0.828. The van der Waals surface area contributed by atoms with Crippen LogP contribution in [0.25, 0.3) is 0 Å². The summed E-state index contributed by atoms with van der Waals surface area (Å²) in [7, 11) is 1.60. The number of carbonyl (C=O) groups is 2. The highest BCUT2D eigenvalue weighted by molar-refractivity contribution is 6.00. The van der Waals surface area contributed by atoms with E-state index >= 15 is 0 Å². The Kier molecular flexibility index (Phi) is 4.78. The average Bonchev–Trinajstić information content (AvgIpc) is 3.14. The molecule has 1 unspecified atom stereocenters. The summed E-state index contributed by atoms with van der Waals surface area (Å²) in [5.74, 6) is 0.866. The molecule has 2 amide bonds. The summed E-state index contributed by atoms with van der Waals surface area (Å²) >= 11 is 0. The molecule has 2 aliphatic heterocycles. The van der Waals surface area contributed by atoms with Crippen molar-refractivity contribution in [2.24, 2.45) is 0 Å². The largest absolute Gasteiger partial charge is 0.497 e. The van der Waals surface area contributed by atoms with E-state index < -0.39 is 5.54 Å². The molecular formula is C23H25N3O3. The summed E-state index contributed by atoms with van der Waals surface area (Å²) in [6.45, 7) is 6.59. The van der Waals surface area contributed by atoms with E-state index in [9.17, 15) is 9.59 Å². The molecule has 0 spiro atoms. The van der Waals surface area contributed by atoms with E-state index in [1.807, 2.05) is 24.3 Å². The molecule has 4 rings (SSSR count). The lowest BCUT2D eigenvalue weighted by atomic mass is 9.86. The Labute approximate surface area is 170 Å². The van der Waals surface area contributed by atoms with E-state index in [4.69, 9.17) is 4.74 Å². The fourth-order valence-electron chi connectivity index (χ4n) is 4.07. The minimum Gasteiger partial charge on any atom is -0.497 e. The second kappa shape index (κ2) is 7.28. The van der Waals surface area contributed by atoms with Crippen LogP contribution in [0.5, 0.6) is 5.75 Å². The Morgan fingerprint density at radius 3 is 2.83 bits per heavy atom. The Hall–Kier alpha value is -3.28. The molecule has 3 aliphatic rings. The number of carbonyl (C=O) groups excluding carboxylic acids is 2. The molecule has 0 radical (unpaired) electrons. The molecule has 1 aliphatic carbocycles. The molecule has 0 aromatic heterocycles. The predicted molar refractivity (Wildman–Crippen MR) is 111 cm³/mol. The fraction of sp³-hybridized carbons (Fsp3) is 0.304. The van der Waals surface area contributed by atoms with E-state index in [0.717, 1.165) is 24.0 Å². The van der Waals surface area contributed by atoms with Crippen molar-refractivity contribution in [2.45, 2.75) is 31.8 Å². The maximum absolute atomic E-state index is 13.1. The normalized spacial score (nSPS) is 28.3. The molecule has 6 nitrogen and oxygen atoms in total. The maximum atomic E-state index is 13.1. The van der Waals surface area contributed by atoms with Gasteiger partial charge in [-0.05, 0) is 49.1 Å². The van der Waals surface area contributed by atoms with Crippen LogP contribution in [-0.4, -0.2) is 35.9 Å². The van der Waals surface area contributed by atoms with Gasteiger partial charge in [0, 0.05) is 12.1 Å². The first-order valence-electron chi connectivity index (χ1n) is 9.72. The van der Waals surface area contributed by atoms with Gasteiger partial charge < -0.3 is 20.3 Å². The molecule has 1 atom stereocenters. The van der Waals surface area contributed by atoms with Crippen molar-refractivity contribution in [3.8, 4) is 5.75 Å². The highest BCUT2D eigenvalue weighted by Gasteiger charge is 2.49. The number of nitrogens with zero attached hydrogens (tertiary/aromatic N) is 1. The lowest BCUT2D eigenvalue weighted by Crippen LogP contribution is -2.56. The van der Waals surface area contributed by atoms with Crippen molar-refractivity contribution in [2.75, 3.05) is 13.7 Å². The number of nitrogens with one attached hydrogen (secondary N) is 2. The van der Waals surface area contributed by atoms with Crippen LogP contribution < -0.4 is 15.4 Å². The third-order valence-electron chi connectivity index (χ3n) is 5.68. The number of hydrogen-bond donors (Lipinski definition) is 2. The molecule has 1 aromatic rings. The Morgan fingerprint density at radius 2 is 2.10 bits per heavy atom. The first kappa shape index (κ1) is 19.1. The van der Waals surface area contributed by atoms with Crippen molar-refractivity contribution >= 4 is 11.8 Å². The molecular weight excluding hydrogens is 366 g/mol. The second-order valence-electron chi connectivity index (χ2n) is 7.72. The van der Waals surface area contributed by atoms with Gasteiger partial charge in [-0.1, -0.05) is 36.5 Å². The van der Waals surface area contributed by atoms with Crippen molar-refractivity contribution in [3.05, 3.63) is 77.2 Å². The van der Waals surface area contributed by atoms with Gasteiger partial charge >= 0.3 is 0 Å². The van der Waals surface area contributed by atoms with Crippen molar-refractivity contribution in [1.82, 2.24) is 15.5 Å². The average molecular weight is 391 g/mol. The van der Waals surface area contributed by atoms with Crippen LogP contribution >= 0.6 is 0 Å². The zero-order valence-corrected chi connectivity index (χ0v) is 16.7. The lowest BCUT2D eigenvalue weighted by Gasteiger charge is -2.33. The molecule has 2 heterocycles. The zero-order valence-electron chi connectivity index (χ0n) is 16.7. The van der Waals surface area contributed by atoms with Crippen molar-refractivity contribution in [1.29, 1.82) is 0 Å². The van der Waals surface area contributed by atoms with E-state index in [0.29, 0.717) is 23.7 Å². The van der Waals surface area contributed by atoms with Crippen LogP contribution in [0.15, 0.2) is 66.0 Å². The summed E-state index contributed by atoms with van der Waals surface area (Å²) in [5.41, 5.74) is 2.53. The first-order chi connectivity index (χ1) is 13.9. The Balaban J connectivity index is 1.70. The number of amides is 2. The fourth-order valence-corrected chi connectivity index (χ4v) is 4.07. The third kappa shape index (κ3) is 3.35. The molecule has 2 N–H and O–H groups in total. The molecule has 1 fully saturated rings. The van der Waals surface area contributed by atoms with Gasteiger partial charge in [0.1, 0.15) is 5.75 Å². The summed E-state index contributed by atoms with van der Waals surface area (Å²) < 4.78 is 5.28. The maximum Gasteiger partial charge on any atom is 0.257 e. The van der Waals surface area contributed by atoms with E-state index in [1.165, 1.54) is 5.57 Å². The molecule has 0 bridgehead atoms. The van der Waals surface area contributed by atoms with Gasteiger partial charge in [0.2, 0.25) is 0 Å². The topological polar surface area (TPSA) is 70.7 Å². The SMILES string of the molecule is C=C1NC(=O)C(CN2Cc3cc(OC)ccc3C2=O)(C2=C/C=C(/C)CC/C=C\2)N1. The zero-order chi connectivity index (χ0) is 20.6. The Morgan fingerprint density at radius 1 is 1.28 bits per heavy atom. The number of ether oxygens (including phenoxy) is 1. The highest BCUT2D eigenvalue weighted by atomic mass is 16.5. The molecule has 0 saturated carbocycles. The van der Waals surface area contributed by atoms with E-state index in [2.05, 4.69) is 30.2 Å². The minimum atomic E-state index is -1.08. The molecule has 6 heteroatoms. The first-order valence-corrected chi connectivity index (χ1v) is 9.72. The lowest BCUT2D eigenvalue weighted by molar-refractivity contribution is -0.123. The molecule has 29 heavy (non-hydrogen) atoms. The van der Waals surface area contributed by atoms with Gasteiger partial charge in [-0.2, -0.15) is 0 Å².